The predicted octanol–water partition coefficient (Wildman–Crippen LogP) is 6.99. The van der Waals surface area contributed by atoms with Crippen molar-refractivity contribution < 1.29 is 4.74 Å². The molecule has 0 saturated carbocycles. The van der Waals surface area contributed by atoms with Crippen molar-refractivity contribution in [3.8, 4) is 39.1 Å². The molecule has 5 aromatic carbocycles. The van der Waals surface area contributed by atoms with Crippen LogP contribution in [0.25, 0.3) is 44.2 Å². The molecular formula is C31H26OSi. The maximum Gasteiger partial charge on any atom is 0.119 e. The van der Waals surface area contributed by atoms with E-state index in [4.69, 9.17) is 4.74 Å². The quantitative estimate of drug-likeness (QED) is 0.274. The van der Waals surface area contributed by atoms with Gasteiger partial charge in [0.15, 0.2) is 0 Å². The Bertz CT molecular complexity index is 1520. The summed E-state index contributed by atoms with van der Waals surface area (Å²) in [5.74, 6) is 0.880. The van der Waals surface area contributed by atoms with Gasteiger partial charge in [-0.1, -0.05) is 104 Å². The number of fused-ring (bicyclic) bond motifs is 5. The van der Waals surface area contributed by atoms with Gasteiger partial charge in [-0.3, -0.25) is 0 Å². The van der Waals surface area contributed by atoms with E-state index in [2.05, 4.69) is 116 Å². The maximum atomic E-state index is 5.61. The minimum atomic E-state index is -1.80. The highest BCUT2D eigenvalue weighted by molar-refractivity contribution is 7.04. The molecule has 0 amide bonds. The molecule has 1 aliphatic heterocycles. The van der Waals surface area contributed by atoms with E-state index in [1.54, 1.807) is 12.3 Å². The maximum absolute atomic E-state index is 5.61. The second-order valence-electron chi connectivity index (χ2n) is 9.34. The van der Waals surface area contributed by atoms with Crippen LogP contribution in [0.15, 0.2) is 103 Å². The number of hydrogen-bond acceptors (Lipinski definition) is 1. The van der Waals surface area contributed by atoms with Crippen molar-refractivity contribution in [1.82, 2.24) is 0 Å². The summed E-state index contributed by atoms with van der Waals surface area (Å²) in [4.78, 5) is 0. The molecule has 33 heavy (non-hydrogen) atoms. The SMILES string of the molecule is COc1ccc(-c2cc3c(c4ccccc24)-c2ccccc2[Si]3(C)C)c(-c2ccccc2)c1. The van der Waals surface area contributed by atoms with Crippen LogP contribution in [-0.4, -0.2) is 15.2 Å². The highest BCUT2D eigenvalue weighted by atomic mass is 28.3. The van der Waals surface area contributed by atoms with Gasteiger partial charge in [-0.05, 0) is 66.7 Å². The molecular weight excluding hydrogens is 416 g/mol. The molecule has 5 aromatic rings. The molecule has 0 aliphatic carbocycles. The number of benzene rings is 5. The van der Waals surface area contributed by atoms with E-state index in [1.807, 2.05) is 0 Å². The largest absolute Gasteiger partial charge is 0.497 e. The van der Waals surface area contributed by atoms with E-state index in [-0.39, 0.29) is 0 Å². The van der Waals surface area contributed by atoms with Gasteiger partial charge in [0.2, 0.25) is 0 Å². The van der Waals surface area contributed by atoms with Crippen LogP contribution in [0.4, 0.5) is 0 Å². The van der Waals surface area contributed by atoms with Gasteiger partial charge in [0.1, 0.15) is 13.8 Å². The molecule has 2 heteroatoms. The highest BCUT2D eigenvalue weighted by Crippen LogP contribution is 2.42. The number of rotatable bonds is 3. The Labute approximate surface area is 196 Å². The number of ether oxygens (including phenoxy) is 1. The van der Waals surface area contributed by atoms with Crippen molar-refractivity contribution in [2.24, 2.45) is 0 Å². The lowest BCUT2D eigenvalue weighted by Crippen LogP contribution is -2.49. The summed E-state index contributed by atoms with van der Waals surface area (Å²) in [5.41, 5.74) is 7.83. The molecule has 1 heterocycles. The molecule has 0 atom stereocenters. The van der Waals surface area contributed by atoms with Crippen LogP contribution < -0.4 is 15.1 Å². The van der Waals surface area contributed by atoms with E-state index >= 15 is 0 Å². The Morgan fingerprint density at radius 2 is 1.24 bits per heavy atom. The van der Waals surface area contributed by atoms with E-state index in [9.17, 15) is 0 Å². The Morgan fingerprint density at radius 3 is 2.03 bits per heavy atom. The predicted molar refractivity (Wildman–Crippen MR) is 144 cm³/mol. The first-order valence-corrected chi connectivity index (χ1v) is 14.5. The van der Waals surface area contributed by atoms with Crippen molar-refractivity contribution in [2.45, 2.75) is 13.1 Å². The summed E-state index contributed by atoms with van der Waals surface area (Å²) in [6.07, 6.45) is 0. The van der Waals surface area contributed by atoms with E-state index in [0.717, 1.165) is 5.75 Å². The molecule has 0 fully saturated rings. The van der Waals surface area contributed by atoms with Crippen molar-refractivity contribution in [3.63, 3.8) is 0 Å². The normalized spacial score (nSPS) is 13.5. The van der Waals surface area contributed by atoms with Crippen LogP contribution in [0.5, 0.6) is 5.75 Å². The van der Waals surface area contributed by atoms with Crippen molar-refractivity contribution in [1.29, 1.82) is 0 Å². The Kier molecular flexibility index (Phi) is 4.53. The molecule has 0 spiro atoms. The summed E-state index contributed by atoms with van der Waals surface area (Å²) in [7, 11) is -0.0661. The minimum absolute atomic E-state index is 0.880. The second-order valence-corrected chi connectivity index (χ2v) is 13.7. The first kappa shape index (κ1) is 20.0. The summed E-state index contributed by atoms with van der Waals surface area (Å²) in [5, 5.41) is 5.73. The molecule has 1 aliphatic rings. The molecule has 0 aromatic heterocycles. The molecule has 0 radical (unpaired) electrons. The van der Waals surface area contributed by atoms with E-state index < -0.39 is 8.07 Å². The topological polar surface area (TPSA) is 9.23 Å². The van der Waals surface area contributed by atoms with Crippen LogP contribution in [-0.2, 0) is 0 Å². The third-order valence-electron chi connectivity index (χ3n) is 7.19. The fraction of sp³-hybridized carbons (Fsp3) is 0.0968. The first-order chi connectivity index (χ1) is 16.1. The zero-order chi connectivity index (χ0) is 22.6. The van der Waals surface area contributed by atoms with Gasteiger partial charge in [-0.15, -0.1) is 0 Å². The highest BCUT2D eigenvalue weighted by Gasteiger charge is 2.38. The molecule has 0 N–H and O–H groups in total. The van der Waals surface area contributed by atoms with Gasteiger partial charge in [-0.2, -0.15) is 0 Å². The monoisotopic (exact) mass is 442 g/mol. The summed E-state index contributed by atoms with van der Waals surface area (Å²) < 4.78 is 5.61. The van der Waals surface area contributed by atoms with Crippen LogP contribution in [0.1, 0.15) is 0 Å². The Morgan fingerprint density at radius 1 is 0.545 bits per heavy atom. The average Bonchev–Trinajstić information content (AvgIpc) is 3.10. The summed E-state index contributed by atoms with van der Waals surface area (Å²) in [6.45, 7) is 4.98. The lowest BCUT2D eigenvalue weighted by atomic mass is 9.88. The molecule has 160 valence electrons. The number of hydrogen-bond donors (Lipinski definition) is 0. The van der Waals surface area contributed by atoms with Crippen molar-refractivity contribution in [2.75, 3.05) is 7.11 Å². The van der Waals surface area contributed by atoms with Gasteiger partial charge in [0.25, 0.3) is 0 Å². The molecule has 0 bridgehead atoms. The van der Waals surface area contributed by atoms with Gasteiger partial charge in [0.05, 0.1) is 7.11 Å². The van der Waals surface area contributed by atoms with Gasteiger partial charge in [0, 0.05) is 0 Å². The third-order valence-corrected chi connectivity index (χ3v) is 10.7. The number of methoxy groups -OCH3 is 1. The summed E-state index contributed by atoms with van der Waals surface area (Å²) >= 11 is 0. The van der Waals surface area contributed by atoms with Crippen molar-refractivity contribution >= 4 is 29.2 Å². The van der Waals surface area contributed by atoms with Crippen molar-refractivity contribution in [3.05, 3.63) is 103 Å². The van der Waals surface area contributed by atoms with Crippen LogP contribution in [0, 0.1) is 0 Å². The average molecular weight is 443 g/mol. The van der Waals surface area contributed by atoms with Crippen LogP contribution in [0.3, 0.4) is 0 Å². The van der Waals surface area contributed by atoms with Gasteiger partial charge in [-0.25, -0.2) is 0 Å². The van der Waals surface area contributed by atoms with E-state index in [1.165, 1.54) is 49.3 Å². The molecule has 6 rings (SSSR count). The zero-order valence-corrected chi connectivity index (χ0v) is 20.2. The fourth-order valence-electron chi connectivity index (χ4n) is 5.51. The third kappa shape index (κ3) is 2.98. The molecule has 1 nitrogen and oxygen atoms in total. The lowest BCUT2D eigenvalue weighted by Gasteiger charge is -2.22. The second kappa shape index (κ2) is 7.46. The summed E-state index contributed by atoms with van der Waals surface area (Å²) in [6, 6.07) is 37.6. The van der Waals surface area contributed by atoms with Gasteiger partial charge < -0.3 is 4.74 Å². The minimum Gasteiger partial charge on any atom is -0.497 e. The first-order valence-electron chi connectivity index (χ1n) is 11.5. The van der Waals surface area contributed by atoms with Gasteiger partial charge >= 0.3 is 0 Å². The Balaban J connectivity index is 1.71. The molecule has 0 unspecified atom stereocenters. The van der Waals surface area contributed by atoms with Crippen LogP contribution >= 0.6 is 0 Å². The van der Waals surface area contributed by atoms with Crippen LogP contribution in [0.2, 0.25) is 13.1 Å². The fourth-order valence-corrected chi connectivity index (χ4v) is 8.60. The Hall–Kier alpha value is -3.62. The standard InChI is InChI=1S/C31H26OSi/c1-32-22-17-18-24(27(19-22)21-11-5-4-6-12-21)28-20-30-31(25-14-8-7-13-23(25)28)26-15-9-10-16-29(26)33(30,2)3/h4-20H,1-3H3. The zero-order valence-electron chi connectivity index (χ0n) is 19.2. The lowest BCUT2D eigenvalue weighted by molar-refractivity contribution is 0.415. The molecule has 0 saturated heterocycles. The van der Waals surface area contributed by atoms with E-state index in [0.29, 0.717) is 0 Å². The smallest absolute Gasteiger partial charge is 0.119 e.